The summed E-state index contributed by atoms with van der Waals surface area (Å²) in [6, 6.07) is 12.7. The molecule has 3 N–H and O–H groups in total. The summed E-state index contributed by atoms with van der Waals surface area (Å²) in [6.45, 7) is 2.33. The minimum absolute atomic E-state index is 0.0948. The Bertz CT molecular complexity index is 932. The molecule has 0 saturated carbocycles. The van der Waals surface area contributed by atoms with Crippen LogP contribution in [0.1, 0.15) is 18.1 Å². The summed E-state index contributed by atoms with van der Waals surface area (Å²) in [7, 11) is 0. The second-order valence-electron chi connectivity index (χ2n) is 5.38. The number of halogens is 1. The lowest BCUT2D eigenvalue weighted by Crippen LogP contribution is -1.95. The van der Waals surface area contributed by atoms with Gasteiger partial charge in [0, 0.05) is 10.8 Å². The number of thioether (sulfide) groups is 1. The van der Waals surface area contributed by atoms with Crippen LogP contribution in [0, 0.1) is 0 Å². The summed E-state index contributed by atoms with van der Waals surface area (Å²) in [5.74, 6) is 1.61. The third kappa shape index (κ3) is 5.38. The minimum Gasteiger partial charge on any atom is -0.504 e. The van der Waals surface area contributed by atoms with Crippen LogP contribution in [0.4, 0.5) is 5.95 Å². The number of nitrogens with one attached hydrogen (secondary N) is 2. The number of phenolic OH excluding ortho intramolecular Hbond substituents is 1. The Morgan fingerprint density at radius 3 is 3.00 bits per heavy atom. The van der Waals surface area contributed by atoms with E-state index in [4.69, 9.17) is 16.3 Å². The highest BCUT2D eigenvalue weighted by atomic mass is 35.5. The lowest BCUT2D eigenvalue weighted by molar-refractivity contribution is 0.318. The van der Waals surface area contributed by atoms with E-state index in [0.29, 0.717) is 29.2 Å². The molecule has 2 aromatic carbocycles. The van der Waals surface area contributed by atoms with Crippen molar-refractivity contribution < 1.29 is 9.84 Å². The zero-order chi connectivity index (χ0) is 19.1. The SMILES string of the molecule is CCOc1cc(C=NNc2nc(SCc3ccccc3Cl)n[nH]2)ccc1O. The summed E-state index contributed by atoms with van der Waals surface area (Å²) in [5.41, 5.74) is 4.59. The number of rotatable bonds is 8. The third-order valence-electron chi connectivity index (χ3n) is 3.45. The van der Waals surface area contributed by atoms with Gasteiger partial charge in [0.1, 0.15) is 0 Å². The van der Waals surface area contributed by atoms with Crippen LogP contribution < -0.4 is 10.2 Å². The summed E-state index contributed by atoms with van der Waals surface area (Å²) in [5, 5.41) is 22.0. The Balaban J connectivity index is 1.55. The smallest absolute Gasteiger partial charge is 0.240 e. The van der Waals surface area contributed by atoms with Gasteiger partial charge in [-0.05, 0) is 42.3 Å². The Kier molecular flexibility index (Phi) is 6.56. The van der Waals surface area contributed by atoms with E-state index in [-0.39, 0.29) is 5.75 Å². The molecule has 7 nitrogen and oxygen atoms in total. The number of anilines is 1. The number of hydrogen-bond donors (Lipinski definition) is 3. The minimum atomic E-state index is 0.0948. The quantitative estimate of drug-likeness (QED) is 0.295. The zero-order valence-corrected chi connectivity index (χ0v) is 16.1. The highest BCUT2D eigenvalue weighted by Crippen LogP contribution is 2.26. The van der Waals surface area contributed by atoms with Crippen LogP contribution in [-0.2, 0) is 5.75 Å². The first-order valence-electron chi connectivity index (χ1n) is 8.19. The molecule has 140 valence electrons. The number of aromatic amines is 1. The number of nitrogens with zero attached hydrogens (tertiary/aromatic N) is 3. The largest absolute Gasteiger partial charge is 0.504 e. The fourth-order valence-electron chi connectivity index (χ4n) is 2.17. The van der Waals surface area contributed by atoms with Crippen molar-refractivity contribution in [2.45, 2.75) is 17.8 Å². The first kappa shape index (κ1) is 19.1. The van der Waals surface area contributed by atoms with Crippen LogP contribution in [-0.4, -0.2) is 33.1 Å². The van der Waals surface area contributed by atoms with Gasteiger partial charge in [0.05, 0.1) is 12.8 Å². The molecule has 3 rings (SSSR count). The third-order valence-corrected chi connectivity index (χ3v) is 4.71. The molecule has 9 heteroatoms. The van der Waals surface area contributed by atoms with Crippen molar-refractivity contribution in [1.29, 1.82) is 0 Å². The van der Waals surface area contributed by atoms with Gasteiger partial charge in [0.25, 0.3) is 0 Å². The van der Waals surface area contributed by atoms with Crippen molar-refractivity contribution >= 4 is 35.5 Å². The highest BCUT2D eigenvalue weighted by Gasteiger charge is 2.06. The van der Waals surface area contributed by atoms with Gasteiger partial charge in [-0.15, -0.1) is 5.10 Å². The van der Waals surface area contributed by atoms with Gasteiger partial charge < -0.3 is 9.84 Å². The molecule has 0 radical (unpaired) electrons. The van der Waals surface area contributed by atoms with Gasteiger partial charge in [-0.1, -0.05) is 41.6 Å². The number of hydrogen-bond acceptors (Lipinski definition) is 7. The van der Waals surface area contributed by atoms with E-state index in [1.807, 2.05) is 31.2 Å². The van der Waals surface area contributed by atoms with Crippen LogP contribution >= 0.6 is 23.4 Å². The molecule has 0 saturated heterocycles. The number of benzene rings is 2. The second kappa shape index (κ2) is 9.29. The molecule has 0 unspecified atom stereocenters. The van der Waals surface area contributed by atoms with E-state index in [0.717, 1.165) is 16.1 Å². The average molecular weight is 404 g/mol. The van der Waals surface area contributed by atoms with Gasteiger partial charge in [-0.3, -0.25) is 0 Å². The Morgan fingerprint density at radius 1 is 1.33 bits per heavy atom. The molecule has 0 aliphatic rings. The van der Waals surface area contributed by atoms with Crippen molar-refractivity contribution in [2.24, 2.45) is 5.10 Å². The van der Waals surface area contributed by atoms with Crippen LogP contribution in [0.15, 0.2) is 52.7 Å². The molecule has 0 atom stereocenters. The van der Waals surface area contributed by atoms with E-state index in [2.05, 4.69) is 25.7 Å². The molecule has 0 fully saturated rings. The summed E-state index contributed by atoms with van der Waals surface area (Å²) >= 11 is 7.62. The molecule has 0 aliphatic carbocycles. The Morgan fingerprint density at radius 2 is 2.19 bits per heavy atom. The number of aromatic hydroxyl groups is 1. The maximum absolute atomic E-state index is 9.70. The van der Waals surface area contributed by atoms with Gasteiger partial charge >= 0.3 is 0 Å². The van der Waals surface area contributed by atoms with E-state index < -0.39 is 0 Å². The maximum atomic E-state index is 9.70. The number of H-pyrrole nitrogens is 1. The first-order chi connectivity index (χ1) is 13.2. The molecular weight excluding hydrogens is 386 g/mol. The molecule has 0 spiro atoms. The fourth-order valence-corrected chi connectivity index (χ4v) is 3.25. The van der Waals surface area contributed by atoms with E-state index in [1.165, 1.54) is 11.8 Å². The molecule has 0 bridgehead atoms. The van der Waals surface area contributed by atoms with Crippen LogP contribution in [0.2, 0.25) is 5.02 Å². The van der Waals surface area contributed by atoms with Crippen LogP contribution in [0.5, 0.6) is 11.5 Å². The van der Waals surface area contributed by atoms with Crippen molar-refractivity contribution in [3.05, 3.63) is 58.6 Å². The van der Waals surface area contributed by atoms with Crippen molar-refractivity contribution in [2.75, 3.05) is 12.0 Å². The molecule has 1 heterocycles. The number of aromatic nitrogens is 3. The van der Waals surface area contributed by atoms with Gasteiger partial charge in [-0.25, -0.2) is 10.5 Å². The predicted molar refractivity (Wildman–Crippen MR) is 108 cm³/mol. The van der Waals surface area contributed by atoms with Crippen molar-refractivity contribution in [3.63, 3.8) is 0 Å². The predicted octanol–water partition coefficient (Wildman–Crippen LogP) is 4.30. The molecule has 0 aliphatic heterocycles. The summed E-state index contributed by atoms with van der Waals surface area (Å²) in [6.07, 6.45) is 1.60. The fraction of sp³-hybridized carbons (Fsp3) is 0.167. The molecule has 1 aromatic heterocycles. The van der Waals surface area contributed by atoms with Crippen LogP contribution in [0.25, 0.3) is 0 Å². The van der Waals surface area contributed by atoms with Crippen molar-refractivity contribution in [1.82, 2.24) is 15.2 Å². The zero-order valence-electron chi connectivity index (χ0n) is 14.5. The first-order valence-corrected chi connectivity index (χ1v) is 9.55. The van der Waals surface area contributed by atoms with E-state index in [1.54, 1.807) is 24.4 Å². The van der Waals surface area contributed by atoms with E-state index >= 15 is 0 Å². The Labute approximate surface area is 165 Å². The molecular formula is C18H18ClN5O2S. The van der Waals surface area contributed by atoms with Gasteiger partial charge in [0.2, 0.25) is 11.1 Å². The second-order valence-corrected chi connectivity index (χ2v) is 6.73. The normalized spacial score (nSPS) is 11.0. The highest BCUT2D eigenvalue weighted by molar-refractivity contribution is 7.98. The van der Waals surface area contributed by atoms with E-state index in [9.17, 15) is 5.11 Å². The average Bonchev–Trinajstić information content (AvgIpc) is 3.12. The molecule has 0 amide bonds. The van der Waals surface area contributed by atoms with Crippen molar-refractivity contribution in [3.8, 4) is 11.5 Å². The standard InChI is InChI=1S/C18H18ClN5O2S/c1-2-26-16-9-12(7-8-15(16)25)10-20-22-17-21-18(24-23-17)27-11-13-5-3-4-6-14(13)19/h3-10,25H,2,11H2,1H3,(H2,21,22,23,24). The van der Waals surface area contributed by atoms with Crippen LogP contribution in [0.3, 0.4) is 0 Å². The number of phenols is 1. The Hall–Kier alpha value is -2.71. The number of hydrazone groups is 1. The molecule has 3 aromatic rings. The lowest BCUT2D eigenvalue weighted by Gasteiger charge is -2.05. The lowest BCUT2D eigenvalue weighted by atomic mass is 10.2. The van der Waals surface area contributed by atoms with Gasteiger partial charge in [0.15, 0.2) is 11.5 Å². The topological polar surface area (TPSA) is 95.4 Å². The molecule has 27 heavy (non-hydrogen) atoms. The maximum Gasteiger partial charge on any atom is 0.240 e. The number of ether oxygens (including phenoxy) is 1. The summed E-state index contributed by atoms with van der Waals surface area (Å²) < 4.78 is 5.34. The summed E-state index contributed by atoms with van der Waals surface area (Å²) in [4.78, 5) is 4.31. The monoisotopic (exact) mass is 403 g/mol. The van der Waals surface area contributed by atoms with Gasteiger partial charge in [-0.2, -0.15) is 10.1 Å².